The topological polar surface area (TPSA) is 67.9 Å². The highest BCUT2D eigenvalue weighted by molar-refractivity contribution is 5.69. The third kappa shape index (κ3) is 4.25. The maximum atomic E-state index is 12.1. The number of hydrogen-bond donors (Lipinski definition) is 1. The number of carbonyl (C=O) groups excluding carboxylic acids is 2. The average molecular weight is 298 g/mol. The second-order valence-corrected chi connectivity index (χ2v) is 6.94. The van der Waals surface area contributed by atoms with Crippen LogP contribution in [0.25, 0.3) is 0 Å². The van der Waals surface area contributed by atoms with Gasteiger partial charge in [0.05, 0.1) is 6.61 Å². The molecule has 1 heterocycles. The highest BCUT2D eigenvalue weighted by Gasteiger charge is 2.43. The van der Waals surface area contributed by atoms with Gasteiger partial charge in [0.15, 0.2) is 0 Å². The molecule has 0 bridgehead atoms. The normalized spacial score (nSPS) is 28.2. The minimum absolute atomic E-state index is 0.167. The summed E-state index contributed by atoms with van der Waals surface area (Å²) in [4.78, 5) is 25.3. The van der Waals surface area contributed by atoms with Crippen molar-refractivity contribution in [2.45, 2.75) is 52.2 Å². The summed E-state index contributed by atoms with van der Waals surface area (Å²) < 4.78 is 10.3. The molecule has 2 atom stereocenters. The molecule has 2 amide bonds. The van der Waals surface area contributed by atoms with Crippen LogP contribution in [0.5, 0.6) is 0 Å². The van der Waals surface area contributed by atoms with Gasteiger partial charge in [0, 0.05) is 19.1 Å². The number of nitrogens with one attached hydrogen (secondary N) is 1. The fraction of sp³-hybridized carbons (Fsp3) is 0.867. The lowest BCUT2D eigenvalue weighted by Crippen LogP contribution is -2.38. The number of rotatable bonds is 2. The van der Waals surface area contributed by atoms with Gasteiger partial charge in [-0.2, -0.15) is 0 Å². The molecule has 1 N–H and O–H groups in total. The van der Waals surface area contributed by atoms with Gasteiger partial charge in [0.2, 0.25) is 0 Å². The van der Waals surface area contributed by atoms with Crippen LogP contribution < -0.4 is 5.32 Å². The quantitative estimate of drug-likeness (QED) is 0.850. The van der Waals surface area contributed by atoms with Crippen molar-refractivity contribution in [1.29, 1.82) is 0 Å². The van der Waals surface area contributed by atoms with Crippen LogP contribution in [0.15, 0.2) is 0 Å². The Labute approximate surface area is 126 Å². The van der Waals surface area contributed by atoms with Gasteiger partial charge in [-0.25, -0.2) is 9.59 Å². The zero-order valence-corrected chi connectivity index (χ0v) is 13.3. The lowest BCUT2D eigenvalue weighted by molar-refractivity contribution is 0.0278. The molecule has 0 radical (unpaired) electrons. The Morgan fingerprint density at radius 2 is 1.76 bits per heavy atom. The van der Waals surface area contributed by atoms with Crippen molar-refractivity contribution >= 4 is 12.2 Å². The minimum atomic E-state index is -0.456. The van der Waals surface area contributed by atoms with Crippen LogP contribution in [0.4, 0.5) is 9.59 Å². The van der Waals surface area contributed by atoms with Crippen LogP contribution >= 0.6 is 0 Å². The van der Waals surface area contributed by atoms with E-state index in [-0.39, 0.29) is 18.2 Å². The molecule has 0 spiro atoms. The Balaban J connectivity index is 1.79. The molecule has 0 aromatic heterocycles. The summed E-state index contributed by atoms with van der Waals surface area (Å²) >= 11 is 0. The Bertz CT molecular complexity index is 391. The molecular formula is C15H26N2O4. The molecule has 0 aromatic rings. The van der Waals surface area contributed by atoms with Gasteiger partial charge >= 0.3 is 12.2 Å². The number of fused-ring (bicyclic) bond motifs is 1. The summed E-state index contributed by atoms with van der Waals surface area (Å²) in [6, 6.07) is 0.167. The van der Waals surface area contributed by atoms with Crippen molar-refractivity contribution in [2.75, 3.05) is 19.7 Å². The number of alkyl carbamates (subject to hydrolysis) is 1. The van der Waals surface area contributed by atoms with Crippen LogP contribution in [-0.4, -0.2) is 48.4 Å². The monoisotopic (exact) mass is 298 g/mol. The third-order valence-corrected chi connectivity index (χ3v) is 4.00. The van der Waals surface area contributed by atoms with Crippen LogP contribution in [0.3, 0.4) is 0 Å². The zero-order valence-electron chi connectivity index (χ0n) is 13.3. The molecular weight excluding hydrogens is 272 g/mol. The average Bonchev–Trinajstić information content (AvgIpc) is 2.84. The smallest absolute Gasteiger partial charge is 0.410 e. The molecule has 120 valence electrons. The van der Waals surface area contributed by atoms with Crippen LogP contribution in [0.1, 0.15) is 40.5 Å². The Kier molecular flexibility index (Phi) is 4.64. The summed E-state index contributed by atoms with van der Waals surface area (Å²) in [5, 5.41) is 2.89. The maximum Gasteiger partial charge on any atom is 0.410 e. The zero-order chi connectivity index (χ0) is 15.6. The number of nitrogens with zero attached hydrogens (tertiary/aromatic N) is 1. The highest BCUT2D eigenvalue weighted by Crippen LogP contribution is 2.38. The van der Waals surface area contributed by atoms with Crippen molar-refractivity contribution in [3.05, 3.63) is 0 Å². The van der Waals surface area contributed by atoms with Gasteiger partial charge in [-0.1, -0.05) is 0 Å². The van der Waals surface area contributed by atoms with E-state index in [0.29, 0.717) is 18.4 Å². The maximum absolute atomic E-state index is 12.1. The molecule has 1 saturated carbocycles. The van der Waals surface area contributed by atoms with E-state index in [4.69, 9.17) is 9.47 Å². The van der Waals surface area contributed by atoms with Crippen LogP contribution in [0, 0.1) is 11.8 Å². The SMILES string of the molecule is CCOC(=O)NC1CC2CN(C(=O)OC(C)(C)C)CC2C1. The molecule has 2 rings (SSSR count). The predicted octanol–water partition coefficient (Wildman–Crippen LogP) is 2.38. The van der Waals surface area contributed by atoms with Gasteiger partial charge in [-0.3, -0.25) is 0 Å². The number of amides is 2. The first-order chi connectivity index (χ1) is 9.78. The van der Waals surface area contributed by atoms with Gasteiger partial charge < -0.3 is 19.7 Å². The fourth-order valence-electron chi connectivity index (χ4n) is 3.23. The molecule has 1 aliphatic heterocycles. The molecule has 0 aromatic carbocycles. The predicted molar refractivity (Wildman–Crippen MR) is 78.0 cm³/mol. The summed E-state index contributed by atoms with van der Waals surface area (Å²) in [5.74, 6) is 0.897. The van der Waals surface area contributed by atoms with Crippen LogP contribution in [0.2, 0.25) is 0 Å². The number of likely N-dealkylation sites (tertiary alicyclic amines) is 1. The first kappa shape index (κ1) is 15.9. The second kappa shape index (κ2) is 6.12. The van der Waals surface area contributed by atoms with Crippen molar-refractivity contribution in [1.82, 2.24) is 10.2 Å². The van der Waals surface area contributed by atoms with Crippen molar-refractivity contribution in [3.8, 4) is 0 Å². The van der Waals surface area contributed by atoms with Crippen molar-refractivity contribution in [2.24, 2.45) is 11.8 Å². The van der Waals surface area contributed by atoms with Crippen LogP contribution in [-0.2, 0) is 9.47 Å². The summed E-state index contributed by atoms with van der Waals surface area (Å²) in [6.07, 6.45) is 1.24. The van der Waals surface area contributed by atoms with E-state index >= 15 is 0 Å². The Morgan fingerprint density at radius 3 is 2.24 bits per heavy atom. The molecule has 21 heavy (non-hydrogen) atoms. The summed E-state index contributed by atoms with van der Waals surface area (Å²) in [7, 11) is 0. The molecule has 6 nitrogen and oxygen atoms in total. The Morgan fingerprint density at radius 1 is 1.19 bits per heavy atom. The standard InChI is InChI=1S/C15H26N2O4/c1-5-20-13(18)16-12-6-10-8-17(9-11(10)7-12)14(19)21-15(2,3)4/h10-12H,5-9H2,1-4H3,(H,16,18). The molecule has 1 saturated heterocycles. The fourth-order valence-corrected chi connectivity index (χ4v) is 3.23. The van der Waals surface area contributed by atoms with Crippen molar-refractivity contribution < 1.29 is 19.1 Å². The third-order valence-electron chi connectivity index (χ3n) is 4.00. The lowest BCUT2D eigenvalue weighted by Gasteiger charge is -2.25. The van der Waals surface area contributed by atoms with E-state index < -0.39 is 5.60 Å². The number of hydrogen-bond acceptors (Lipinski definition) is 4. The Hall–Kier alpha value is -1.46. The highest BCUT2D eigenvalue weighted by atomic mass is 16.6. The van der Waals surface area contributed by atoms with Gasteiger partial charge in [0.1, 0.15) is 5.60 Å². The summed E-state index contributed by atoms with van der Waals surface area (Å²) in [6.45, 7) is 9.25. The van der Waals surface area contributed by atoms with Gasteiger partial charge in [0.25, 0.3) is 0 Å². The molecule has 2 fully saturated rings. The second-order valence-electron chi connectivity index (χ2n) is 6.94. The van der Waals surface area contributed by atoms with E-state index in [1.807, 2.05) is 20.8 Å². The molecule has 2 unspecified atom stereocenters. The largest absolute Gasteiger partial charge is 0.450 e. The van der Waals surface area contributed by atoms with Crippen molar-refractivity contribution in [3.63, 3.8) is 0 Å². The van der Waals surface area contributed by atoms with E-state index in [1.165, 1.54) is 0 Å². The van der Waals surface area contributed by atoms with Gasteiger partial charge in [-0.05, 0) is 52.4 Å². The lowest BCUT2D eigenvalue weighted by atomic mass is 10.0. The summed E-state index contributed by atoms with van der Waals surface area (Å²) in [5.41, 5.74) is -0.456. The van der Waals surface area contributed by atoms with Gasteiger partial charge in [-0.15, -0.1) is 0 Å². The molecule has 2 aliphatic rings. The number of ether oxygens (including phenoxy) is 2. The molecule has 1 aliphatic carbocycles. The number of carbonyl (C=O) groups is 2. The first-order valence-corrected chi connectivity index (χ1v) is 7.69. The van der Waals surface area contributed by atoms with E-state index in [9.17, 15) is 9.59 Å². The first-order valence-electron chi connectivity index (χ1n) is 7.69. The van der Waals surface area contributed by atoms with E-state index in [1.54, 1.807) is 11.8 Å². The molecule has 6 heteroatoms. The van der Waals surface area contributed by atoms with E-state index in [2.05, 4.69) is 5.32 Å². The van der Waals surface area contributed by atoms with E-state index in [0.717, 1.165) is 25.9 Å². The minimum Gasteiger partial charge on any atom is -0.450 e.